The average Bonchev–Trinajstić information content (AvgIpc) is 2.27. The maximum Gasteiger partial charge on any atom is 0.179 e. The molecule has 0 radical (unpaired) electrons. The van der Waals surface area contributed by atoms with Crippen LogP contribution in [0.3, 0.4) is 0 Å². The molecule has 4 heteroatoms. The number of halogens is 1. The number of rotatable bonds is 4. The Morgan fingerprint density at radius 1 is 1.31 bits per heavy atom. The molecule has 0 saturated heterocycles. The molecule has 1 aromatic carbocycles. The predicted molar refractivity (Wildman–Crippen MR) is 67.0 cm³/mol. The van der Waals surface area contributed by atoms with E-state index in [0.717, 1.165) is 11.3 Å². The number of ketones is 1. The van der Waals surface area contributed by atoms with E-state index in [2.05, 4.69) is 15.9 Å². The summed E-state index contributed by atoms with van der Waals surface area (Å²) in [6.07, 6.45) is 0. The fraction of sp³-hybridized carbons (Fsp3) is 0.417. The maximum atomic E-state index is 11.9. The van der Waals surface area contributed by atoms with Crippen LogP contribution >= 0.6 is 15.9 Å². The number of carbonyl (C=O) groups excluding carboxylic acids is 1. The molecule has 0 N–H and O–H groups in total. The Labute approximate surface area is 104 Å². The number of Topliss-reactive ketones (excluding diaryl/α,β-unsaturated/α-hetero) is 1. The Balaban J connectivity index is 3.31. The summed E-state index contributed by atoms with van der Waals surface area (Å²) in [5.74, 6) is 1.30. The SMILES string of the molecule is COc1ccc(C(=O)C(C)Br)c(OC)c1C. The van der Waals surface area contributed by atoms with E-state index >= 15 is 0 Å². The maximum absolute atomic E-state index is 11.9. The van der Waals surface area contributed by atoms with Gasteiger partial charge in [0.05, 0.1) is 24.6 Å². The van der Waals surface area contributed by atoms with E-state index in [1.807, 2.05) is 6.92 Å². The molecule has 0 aliphatic rings. The van der Waals surface area contributed by atoms with E-state index in [9.17, 15) is 4.79 Å². The summed E-state index contributed by atoms with van der Waals surface area (Å²) in [6.45, 7) is 3.66. The molecule has 3 nitrogen and oxygen atoms in total. The van der Waals surface area contributed by atoms with Crippen molar-refractivity contribution in [1.82, 2.24) is 0 Å². The van der Waals surface area contributed by atoms with Gasteiger partial charge in [-0.1, -0.05) is 15.9 Å². The number of ether oxygens (including phenoxy) is 2. The van der Waals surface area contributed by atoms with E-state index in [0.29, 0.717) is 11.3 Å². The highest BCUT2D eigenvalue weighted by Crippen LogP contribution is 2.32. The molecule has 1 aromatic rings. The lowest BCUT2D eigenvalue weighted by molar-refractivity contribution is 0.0992. The molecule has 16 heavy (non-hydrogen) atoms. The Morgan fingerprint density at radius 2 is 1.94 bits per heavy atom. The van der Waals surface area contributed by atoms with Crippen LogP contribution in [0.2, 0.25) is 0 Å². The summed E-state index contributed by atoms with van der Waals surface area (Å²) in [5.41, 5.74) is 1.41. The van der Waals surface area contributed by atoms with Gasteiger partial charge >= 0.3 is 0 Å². The van der Waals surface area contributed by atoms with Crippen LogP contribution < -0.4 is 9.47 Å². The van der Waals surface area contributed by atoms with Gasteiger partial charge in [-0.05, 0) is 26.0 Å². The first kappa shape index (κ1) is 13.0. The summed E-state index contributed by atoms with van der Waals surface area (Å²) >= 11 is 3.26. The lowest BCUT2D eigenvalue weighted by atomic mass is 10.0. The molecule has 0 saturated carbocycles. The molecule has 0 bridgehead atoms. The largest absolute Gasteiger partial charge is 0.496 e. The molecule has 0 amide bonds. The molecule has 0 aromatic heterocycles. The van der Waals surface area contributed by atoms with E-state index in [1.54, 1.807) is 33.3 Å². The Hall–Kier alpha value is -1.03. The van der Waals surface area contributed by atoms with E-state index < -0.39 is 0 Å². The quantitative estimate of drug-likeness (QED) is 0.631. The van der Waals surface area contributed by atoms with Gasteiger partial charge in [0.25, 0.3) is 0 Å². The first-order chi connectivity index (χ1) is 7.52. The van der Waals surface area contributed by atoms with E-state index in [-0.39, 0.29) is 10.6 Å². The highest BCUT2D eigenvalue weighted by molar-refractivity contribution is 9.10. The predicted octanol–water partition coefficient (Wildman–Crippen LogP) is 2.98. The summed E-state index contributed by atoms with van der Waals surface area (Å²) < 4.78 is 10.4. The number of alkyl halides is 1. The van der Waals surface area contributed by atoms with Gasteiger partial charge in [-0.15, -0.1) is 0 Å². The molecule has 1 atom stereocenters. The minimum atomic E-state index is -0.228. The van der Waals surface area contributed by atoms with Crippen LogP contribution in [0.1, 0.15) is 22.8 Å². The monoisotopic (exact) mass is 286 g/mol. The van der Waals surface area contributed by atoms with Gasteiger partial charge < -0.3 is 9.47 Å². The van der Waals surface area contributed by atoms with Crippen LogP contribution in [0.5, 0.6) is 11.5 Å². The smallest absolute Gasteiger partial charge is 0.179 e. The molecule has 0 aliphatic heterocycles. The molecule has 88 valence electrons. The number of hydrogen-bond acceptors (Lipinski definition) is 3. The van der Waals surface area contributed by atoms with Gasteiger partial charge in [0.15, 0.2) is 5.78 Å². The molecular weight excluding hydrogens is 272 g/mol. The number of hydrogen-bond donors (Lipinski definition) is 0. The van der Waals surface area contributed by atoms with Gasteiger partial charge in [0, 0.05) is 5.56 Å². The Bertz CT molecular complexity index is 399. The summed E-state index contributed by atoms with van der Waals surface area (Å²) in [5, 5.41) is 0. The van der Waals surface area contributed by atoms with Crippen molar-refractivity contribution in [3.63, 3.8) is 0 Å². The standard InChI is InChI=1S/C12H15BrO3/c1-7-10(15-3)6-5-9(12(7)16-4)11(14)8(2)13/h5-6,8H,1-4H3. The van der Waals surface area contributed by atoms with Crippen molar-refractivity contribution in [3.8, 4) is 11.5 Å². The summed E-state index contributed by atoms with van der Waals surface area (Å²) in [7, 11) is 3.15. The zero-order valence-electron chi connectivity index (χ0n) is 9.83. The third-order valence-corrected chi connectivity index (χ3v) is 2.82. The van der Waals surface area contributed by atoms with Crippen molar-refractivity contribution in [2.75, 3.05) is 14.2 Å². The van der Waals surface area contributed by atoms with Crippen LogP contribution in [0.15, 0.2) is 12.1 Å². The second kappa shape index (κ2) is 5.34. The van der Waals surface area contributed by atoms with Gasteiger partial charge in [0.1, 0.15) is 11.5 Å². The molecule has 0 heterocycles. The molecule has 0 spiro atoms. The number of methoxy groups -OCH3 is 2. The first-order valence-electron chi connectivity index (χ1n) is 4.92. The number of benzene rings is 1. The average molecular weight is 287 g/mol. The number of carbonyl (C=O) groups is 1. The Kier molecular flexibility index (Phi) is 4.35. The van der Waals surface area contributed by atoms with Gasteiger partial charge in [-0.25, -0.2) is 0 Å². The zero-order valence-corrected chi connectivity index (χ0v) is 11.4. The van der Waals surface area contributed by atoms with E-state index in [1.165, 1.54) is 0 Å². The van der Waals surface area contributed by atoms with Crippen molar-refractivity contribution in [2.24, 2.45) is 0 Å². The third-order valence-electron chi connectivity index (χ3n) is 2.41. The normalized spacial score (nSPS) is 12.1. The second-order valence-corrected chi connectivity index (χ2v) is 4.83. The molecule has 0 fully saturated rings. The summed E-state index contributed by atoms with van der Waals surface area (Å²) in [6, 6.07) is 3.51. The third kappa shape index (κ3) is 2.38. The molecule has 0 aliphatic carbocycles. The van der Waals surface area contributed by atoms with E-state index in [4.69, 9.17) is 9.47 Å². The molecule has 1 unspecified atom stereocenters. The lowest BCUT2D eigenvalue weighted by Gasteiger charge is -2.14. The minimum Gasteiger partial charge on any atom is -0.496 e. The molecule has 1 rings (SSSR count). The fourth-order valence-corrected chi connectivity index (χ4v) is 1.81. The fourth-order valence-electron chi connectivity index (χ4n) is 1.57. The Morgan fingerprint density at radius 3 is 2.38 bits per heavy atom. The highest BCUT2D eigenvalue weighted by Gasteiger charge is 2.19. The zero-order chi connectivity index (χ0) is 12.3. The minimum absolute atomic E-state index is 0.00241. The van der Waals surface area contributed by atoms with Crippen molar-refractivity contribution in [1.29, 1.82) is 0 Å². The van der Waals surface area contributed by atoms with Crippen molar-refractivity contribution in [2.45, 2.75) is 18.7 Å². The van der Waals surface area contributed by atoms with Crippen LogP contribution in [-0.4, -0.2) is 24.8 Å². The van der Waals surface area contributed by atoms with Crippen LogP contribution in [0, 0.1) is 6.92 Å². The topological polar surface area (TPSA) is 35.5 Å². The summed E-state index contributed by atoms with van der Waals surface area (Å²) in [4.78, 5) is 11.7. The van der Waals surface area contributed by atoms with Crippen molar-refractivity contribution < 1.29 is 14.3 Å². The van der Waals surface area contributed by atoms with Crippen LogP contribution in [0.4, 0.5) is 0 Å². The first-order valence-corrected chi connectivity index (χ1v) is 5.84. The lowest BCUT2D eigenvalue weighted by Crippen LogP contribution is -2.12. The molecular formula is C12H15BrO3. The van der Waals surface area contributed by atoms with Gasteiger partial charge in [-0.3, -0.25) is 4.79 Å². The van der Waals surface area contributed by atoms with Crippen LogP contribution in [-0.2, 0) is 0 Å². The highest BCUT2D eigenvalue weighted by atomic mass is 79.9. The van der Waals surface area contributed by atoms with Gasteiger partial charge in [0.2, 0.25) is 0 Å². The van der Waals surface area contributed by atoms with Crippen LogP contribution in [0.25, 0.3) is 0 Å². The van der Waals surface area contributed by atoms with Gasteiger partial charge in [-0.2, -0.15) is 0 Å². The second-order valence-electron chi connectivity index (χ2n) is 3.45. The van der Waals surface area contributed by atoms with Crippen molar-refractivity contribution >= 4 is 21.7 Å². The van der Waals surface area contributed by atoms with Crippen molar-refractivity contribution in [3.05, 3.63) is 23.3 Å².